The summed E-state index contributed by atoms with van der Waals surface area (Å²) in [6.45, 7) is 3.83. The molecular formula is C17H22N2O3. The van der Waals surface area contributed by atoms with Gasteiger partial charge in [-0.25, -0.2) is 0 Å². The number of aryl methyl sites for hydroxylation is 1. The van der Waals surface area contributed by atoms with Gasteiger partial charge in [-0.05, 0) is 32.4 Å². The van der Waals surface area contributed by atoms with Gasteiger partial charge in [-0.2, -0.15) is 0 Å². The average molecular weight is 302 g/mol. The van der Waals surface area contributed by atoms with Crippen LogP contribution in [0.25, 0.3) is 0 Å². The number of benzene rings is 1. The molecule has 1 aliphatic heterocycles. The van der Waals surface area contributed by atoms with Gasteiger partial charge in [0.15, 0.2) is 0 Å². The molecule has 1 aromatic heterocycles. The summed E-state index contributed by atoms with van der Waals surface area (Å²) in [6.07, 6.45) is 2.29. The molecule has 22 heavy (non-hydrogen) atoms. The molecular weight excluding hydrogens is 280 g/mol. The van der Waals surface area contributed by atoms with E-state index in [4.69, 9.17) is 14.0 Å². The summed E-state index contributed by atoms with van der Waals surface area (Å²) in [5.74, 6) is 2.54. The molecule has 1 saturated heterocycles. The number of nitrogens with zero attached hydrogens (tertiary/aromatic N) is 2. The van der Waals surface area contributed by atoms with Gasteiger partial charge in [0.2, 0.25) is 0 Å². The fraction of sp³-hybridized carbons (Fsp3) is 0.471. The van der Waals surface area contributed by atoms with E-state index in [9.17, 15) is 0 Å². The first-order valence-electron chi connectivity index (χ1n) is 7.59. The molecule has 1 aromatic carbocycles. The molecule has 0 saturated carbocycles. The summed E-state index contributed by atoms with van der Waals surface area (Å²) in [4.78, 5) is 2.43. The van der Waals surface area contributed by atoms with Crippen molar-refractivity contribution in [3.63, 3.8) is 0 Å². The maximum absolute atomic E-state index is 5.50. The van der Waals surface area contributed by atoms with Crippen LogP contribution in [-0.4, -0.2) is 30.8 Å². The standard InChI is InChI=1S/C17H22N2O3/c1-12-9-15(18-22-12)16-5-4-8-19(16)11-13-6-7-14(20-2)10-17(13)21-3/h6-7,9-10,16H,4-5,8,11H2,1-3H3/t16-/m1/s1. The van der Waals surface area contributed by atoms with Crippen molar-refractivity contribution in [1.29, 1.82) is 0 Å². The van der Waals surface area contributed by atoms with Gasteiger partial charge in [0, 0.05) is 24.2 Å². The number of methoxy groups -OCH3 is 2. The quantitative estimate of drug-likeness (QED) is 0.848. The molecule has 3 rings (SSSR count). The van der Waals surface area contributed by atoms with Crippen molar-refractivity contribution in [2.75, 3.05) is 20.8 Å². The van der Waals surface area contributed by atoms with Gasteiger partial charge < -0.3 is 14.0 Å². The third-order valence-corrected chi connectivity index (χ3v) is 4.22. The van der Waals surface area contributed by atoms with Gasteiger partial charge in [0.05, 0.1) is 20.3 Å². The van der Waals surface area contributed by atoms with Crippen LogP contribution in [0.15, 0.2) is 28.8 Å². The Balaban J connectivity index is 1.80. The predicted octanol–water partition coefficient (Wildman–Crippen LogP) is 3.34. The van der Waals surface area contributed by atoms with Gasteiger partial charge in [0.1, 0.15) is 23.0 Å². The summed E-state index contributed by atoms with van der Waals surface area (Å²) < 4.78 is 16.0. The van der Waals surface area contributed by atoms with E-state index in [2.05, 4.69) is 16.1 Å². The maximum atomic E-state index is 5.50. The Bertz CT molecular complexity index is 639. The van der Waals surface area contributed by atoms with E-state index in [1.807, 2.05) is 25.1 Å². The number of likely N-dealkylation sites (tertiary alicyclic amines) is 1. The number of rotatable bonds is 5. The first-order chi connectivity index (χ1) is 10.7. The summed E-state index contributed by atoms with van der Waals surface area (Å²) in [5.41, 5.74) is 2.19. The van der Waals surface area contributed by atoms with Crippen LogP contribution in [0.2, 0.25) is 0 Å². The van der Waals surface area contributed by atoms with Gasteiger partial charge in [-0.1, -0.05) is 11.2 Å². The molecule has 0 spiro atoms. The number of hydrogen-bond acceptors (Lipinski definition) is 5. The molecule has 5 heteroatoms. The van der Waals surface area contributed by atoms with Crippen molar-refractivity contribution in [2.24, 2.45) is 0 Å². The van der Waals surface area contributed by atoms with Gasteiger partial charge in [0.25, 0.3) is 0 Å². The number of ether oxygens (including phenoxy) is 2. The second-order valence-electron chi connectivity index (χ2n) is 5.67. The second-order valence-corrected chi connectivity index (χ2v) is 5.67. The Kier molecular flexibility index (Phi) is 4.34. The maximum Gasteiger partial charge on any atom is 0.133 e. The van der Waals surface area contributed by atoms with E-state index in [0.717, 1.165) is 48.0 Å². The lowest BCUT2D eigenvalue weighted by atomic mass is 10.1. The zero-order valence-electron chi connectivity index (χ0n) is 13.3. The highest BCUT2D eigenvalue weighted by atomic mass is 16.5. The molecule has 1 aliphatic rings. The van der Waals surface area contributed by atoms with Crippen LogP contribution >= 0.6 is 0 Å². The van der Waals surface area contributed by atoms with E-state index < -0.39 is 0 Å². The molecule has 0 radical (unpaired) electrons. The first-order valence-corrected chi connectivity index (χ1v) is 7.59. The second kappa shape index (κ2) is 6.40. The van der Waals surface area contributed by atoms with Crippen molar-refractivity contribution >= 4 is 0 Å². The molecule has 0 amide bonds. The van der Waals surface area contributed by atoms with Crippen molar-refractivity contribution in [2.45, 2.75) is 32.4 Å². The largest absolute Gasteiger partial charge is 0.497 e. The minimum absolute atomic E-state index is 0.323. The topological polar surface area (TPSA) is 47.7 Å². The molecule has 2 heterocycles. The molecule has 5 nitrogen and oxygen atoms in total. The lowest BCUT2D eigenvalue weighted by molar-refractivity contribution is 0.233. The zero-order chi connectivity index (χ0) is 15.5. The molecule has 1 fully saturated rings. The third kappa shape index (κ3) is 2.95. The summed E-state index contributed by atoms with van der Waals surface area (Å²) >= 11 is 0. The van der Waals surface area contributed by atoms with Crippen molar-refractivity contribution < 1.29 is 14.0 Å². The van der Waals surface area contributed by atoms with Gasteiger partial charge in [-0.15, -0.1) is 0 Å². The lowest BCUT2D eigenvalue weighted by Gasteiger charge is -2.23. The van der Waals surface area contributed by atoms with Crippen LogP contribution in [0.5, 0.6) is 11.5 Å². The molecule has 1 atom stereocenters. The van der Waals surface area contributed by atoms with Crippen LogP contribution in [0.3, 0.4) is 0 Å². The molecule has 118 valence electrons. The lowest BCUT2D eigenvalue weighted by Crippen LogP contribution is -2.23. The highest BCUT2D eigenvalue weighted by Crippen LogP contribution is 2.35. The van der Waals surface area contributed by atoms with Crippen LogP contribution in [0.1, 0.15) is 35.9 Å². The Morgan fingerprint density at radius 2 is 2.14 bits per heavy atom. The number of aromatic nitrogens is 1. The Labute approximate surface area is 130 Å². The Morgan fingerprint density at radius 3 is 2.82 bits per heavy atom. The van der Waals surface area contributed by atoms with Crippen LogP contribution in [0, 0.1) is 6.92 Å². The third-order valence-electron chi connectivity index (χ3n) is 4.22. The fourth-order valence-electron chi connectivity index (χ4n) is 3.09. The van der Waals surface area contributed by atoms with E-state index in [0.29, 0.717) is 6.04 Å². The normalized spacial score (nSPS) is 18.6. The summed E-state index contributed by atoms with van der Waals surface area (Å²) in [6, 6.07) is 8.34. The monoisotopic (exact) mass is 302 g/mol. The molecule has 0 unspecified atom stereocenters. The molecule has 2 aromatic rings. The van der Waals surface area contributed by atoms with E-state index >= 15 is 0 Å². The highest BCUT2D eigenvalue weighted by molar-refractivity contribution is 5.40. The van der Waals surface area contributed by atoms with Crippen LogP contribution in [-0.2, 0) is 6.54 Å². The van der Waals surface area contributed by atoms with Crippen LogP contribution < -0.4 is 9.47 Å². The van der Waals surface area contributed by atoms with Gasteiger partial charge >= 0.3 is 0 Å². The zero-order valence-corrected chi connectivity index (χ0v) is 13.3. The molecule has 0 aliphatic carbocycles. The SMILES string of the molecule is COc1ccc(CN2CCC[C@@H]2c2cc(C)on2)c(OC)c1. The van der Waals surface area contributed by atoms with E-state index in [-0.39, 0.29) is 0 Å². The molecule has 0 bridgehead atoms. The van der Waals surface area contributed by atoms with Crippen molar-refractivity contribution in [3.05, 3.63) is 41.3 Å². The number of hydrogen-bond donors (Lipinski definition) is 0. The van der Waals surface area contributed by atoms with Crippen molar-refractivity contribution in [1.82, 2.24) is 10.1 Å². The Hall–Kier alpha value is -2.01. The van der Waals surface area contributed by atoms with E-state index in [1.54, 1.807) is 14.2 Å². The minimum Gasteiger partial charge on any atom is -0.497 e. The first kappa shape index (κ1) is 14.9. The highest BCUT2D eigenvalue weighted by Gasteiger charge is 2.29. The average Bonchev–Trinajstić information content (AvgIpc) is 3.16. The summed E-state index contributed by atoms with van der Waals surface area (Å²) in [7, 11) is 3.36. The fourth-order valence-corrected chi connectivity index (χ4v) is 3.09. The van der Waals surface area contributed by atoms with E-state index in [1.165, 1.54) is 6.42 Å². The smallest absolute Gasteiger partial charge is 0.133 e. The predicted molar refractivity (Wildman–Crippen MR) is 83.2 cm³/mol. The minimum atomic E-state index is 0.323. The summed E-state index contributed by atoms with van der Waals surface area (Å²) in [5, 5.41) is 4.19. The van der Waals surface area contributed by atoms with Crippen molar-refractivity contribution in [3.8, 4) is 11.5 Å². The van der Waals surface area contributed by atoms with Gasteiger partial charge in [-0.3, -0.25) is 4.90 Å². The van der Waals surface area contributed by atoms with Crippen LogP contribution in [0.4, 0.5) is 0 Å². The molecule has 0 N–H and O–H groups in total. The Morgan fingerprint density at radius 1 is 1.27 bits per heavy atom.